The number of benzene rings is 1. The lowest BCUT2D eigenvalue weighted by atomic mass is 9.92. The van der Waals surface area contributed by atoms with Crippen LogP contribution < -0.4 is 20.7 Å². The molecule has 1 aromatic rings. The molecule has 132 valence electrons. The highest BCUT2D eigenvalue weighted by molar-refractivity contribution is 9.10. The smallest absolute Gasteiger partial charge is 0.265 e. The number of carbonyl (C=O) groups is 2. The summed E-state index contributed by atoms with van der Waals surface area (Å²) in [4.78, 5) is 25.9. The van der Waals surface area contributed by atoms with Gasteiger partial charge in [-0.2, -0.15) is 0 Å². The molecule has 1 aromatic carbocycles. The van der Waals surface area contributed by atoms with Crippen molar-refractivity contribution in [2.45, 2.75) is 37.8 Å². The van der Waals surface area contributed by atoms with Gasteiger partial charge in [0.15, 0.2) is 6.61 Å². The van der Waals surface area contributed by atoms with Gasteiger partial charge in [0.25, 0.3) is 5.91 Å². The normalized spacial score (nSPS) is 22.9. The van der Waals surface area contributed by atoms with Crippen molar-refractivity contribution in [2.24, 2.45) is 5.73 Å². The number of halogens is 2. The summed E-state index contributed by atoms with van der Waals surface area (Å²) >= 11 is 3.37. The number of hydrogen-bond donors (Lipinski definition) is 2. The molecule has 0 atom stereocenters. The monoisotopic (exact) mass is 417 g/mol. The van der Waals surface area contributed by atoms with E-state index in [0.717, 1.165) is 30.2 Å². The summed E-state index contributed by atoms with van der Waals surface area (Å²) in [6, 6.07) is 5.81. The topological polar surface area (TPSA) is 84.7 Å². The van der Waals surface area contributed by atoms with Crippen LogP contribution in [0.25, 0.3) is 0 Å². The number of hydrogen-bond acceptors (Lipinski definition) is 4. The van der Waals surface area contributed by atoms with Gasteiger partial charge in [-0.15, -0.1) is 12.4 Å². The molecular formula is C16H21BrClN3O3. The first-order chi connectivity index (χ1) is 11.0. The van der Waals surface area contributed by atoms with Gasteiger partial charge in [-0.05, 0) is 43.9 Å². The zero-order valence-corrected chi connectivity index (χ0v) is 15.6. The quantitative estimate of drug-likeness (QED) is 0.786. The van der Waals surface area contributed by atoms with Crippen LogP contribution in [0.15, 0.2) is 22.7 Å². The fraction of sp³-hybridized carbons (Fsp3) is 0.500. The van der Waals surface area contributed by atoms with E-state index in [4.69, 9.17) is 10.5 Å². The van der Waals surface area contributed by atoms with E-state index < -0.39 is 0 Å². The van der Waals surface area contributed by atoms with Crippen molar-refractivity contribution in [3.8, 4) is 5.75 Å². The summed E-state index contributed by atoms with van der Waals surface area (Å²) in [6.45, 7) is -0.0333. The molecule has 24 heavy (non-hydrogen) atoms. The molecule has 1 aliphatic heterocycles. The minimum absolute atomic E-state index is 0. The van der Waals surface area contributed by atoms with Crippen LogP contribution >= 0.6 is 28.3 Å². The first-order valence-electron chi connectivity index (χ1n) is 7.80. The lowest BCUT2D eigenvalue weighted by Gasteiger charge is -2.31. The number of ether oxygens (including phenoxy) is 1. The second-order valence-electron chi connectivity index (χ2n) is 6.06. The third kappa shape index (κ3) is 4.40. The molecule has 0 spiro atoms. The lowest BCUT2D eigenvalue weighted by molar-refractivity contribution is -0.125. The van der Waals surface area contributed by atoms with Crippen LogP contribution in [0, 0.1) is 0 Å². The molecule has 8 heteroatoms. The maximum absolute atomic E-state index is 12.3. The van der Waals surface area contributed by atoms with E-state index in [2.05, 4.69) is 21.2 Å². The standard InChI is InChI=1S/C16H20BrN3O3.ClH/c17-10-1-6-13-14(7-10)23-9-16(22)20(13)8-15(21)19-12-4-2-11(18)3-5-12;/h1,6-7,11-12H,2-5,8-9,18H2,(H,19,21);1H. The highest BCUT2D eigenvalue weighted by atomic mass is 79.9. The highest BCUT2D eigenvalue weighted by Gasteiger charge is 2.28. The van der Waals surface area contributed by atoms with Gasteiger partial charge in [0.1, 0.15) is 12.3 Å². The Morgan fingerprint density at radius 2 is 2.04 bits per heavy atom. The van der Waals surface area contributed by atoms with Crippen LogP contribution in [0.1, 0.15) is 25.7 Å². The molecule has 6 nitrogen and oxygen atoms in total. The summed E-state index contributed by atoms with van der Waals surface area (Å²) in [7, 11) is 0. The number of amides is 2. The largest absolute Gasteiger partial charge is 0.482 e. The fourth-order valence-electron chi connectivity index (χ4n) is 3.03. The number of nitrogens with one attached hydrogen (secondary N) is 1. The van der Waals surface area contributed by atoms with Gasteiger partial charge in [0.05, 0.1) is 5.69 Å². The van der Waals surface area contributed by atoms with Crippen molar-refractivity contribution >= 4 is 45.8 Å². The summed E-state index contributed by atoms with van der Waals surface area (Å²) in [5.41, 5.74) is 6.51. The van der Waals surface area contributed by atoms with Crippen LogP contribution in [0.4, 0.5) is 5.69 Å². The van der Waals surface area contributed by atoms with Gasteiger partial charge in [-0.25, -0.2) is 0 Å². The average Bonchev–Trinajstić information content (AvgIpc) is 2.52. The Bertz CT molecular complexity index is 621. The van der Waals surface area contributed by atoms with Crippen molar-refractivity contribution in [1.29, 1.82) is 0 Å². The van der Waals surface area contributed by atoms with Crippen LogP contribution in [-0.4, -0.2) is 37.0 Å². The number of anilines is 1. The first kappa shape index (κ1) is 19.0. The van der Waals surface area contributed by atoms with Gasteiger partial charge in [0, 0.05) is 16.6 Å². The zero-order chi connectivity index (χ0) is 16.4. The Hall–Kier alpha value is -1.31. The van der Waals surface area contributed by atoms with E-state index in [1.165, 1.54) is 4.90 Å². The second-order valence-corrected chi connectivity index (χ2v) is 6.98. The van der Waals surface area contributed by atoms with Crippen LogP contribution in [0.2, 0.25) is 0 Å². The Balaban J connectivity index is 0.00000208. The molecule has 0 saturated heterocycles. The van der Waals surface area contributed by atoms with Gasteiger partial charge < -0.3 is 15.8 Å². The number of nitrogens with two attached hydrogens (primary N) is 1. The minimum Gasteiger partial charge on any atom is -0.482 e. The minimum atomic E-state index is -0.208. The van der Waals surface area contributed by atoms with Crippen LogP contribution in [0.3, 0.4) is 0 Å². The van der Waals surface area contributed by atoms with Gasteiger partial charge >= 0.3 is 0 Å². The predicted molar refractivity (Wildman–Crippen MR) is 97.6 cm³/mol. The van der Waals surface area contributed by atoms with Crippen molar-refractivity contribution in [2.75, 3.05) is 18.1 Å². The Morgan fingerprint density at radius 1 is 1.33 bits per heavy atom. The van der Waals surface area contributed by atoms with Crippen LogP contribution in [-0.2, 0) is 9.59 Å². The van der Waals surface area contributed by atoms with Crippen molar-refractivity contribution in [3.05, 3.63) is 22.7 Å². The summed E-state index contributed by atoms with van der Waals surface area (Å²) in [5, 5.41) is 3.01. The van der Waals surface area contributed by atoms with E-state index in [9.17, 15) is 9.59 Å². The molecule has 0 radical (unpaired) electrons. The molecule has 2 aliphatic rings. The molecule has 3 rings (SSSR count). The third-order valence-electron chi connectivity index (χ3n) is 4.30. The summed E-state index contributed by atoms with van der Waals surface area (Å²) < 4.78 is 6.29. The predicted octanol–water partition coefficient (Wildman–Crippen LogP) is 1.98. The maximum Gasteiger partial charge on any atom is 0.265 e. The Labute approximate surface area is 155 Å². The summed E-state index contributed by atoms with van der Waals surface area (Å²) in [5.74, 6) is 0.255. The van der Waals surface area contributed by atoms with E-state index in [0.29, 0.717) is 11.4 Å². The lowest BCUT2D eigenvalue weighted by Crippen LogP contribution is -2.48. The Kier molecular flexibility index (Phi) is 6.48. The zero-order valence-electron chi connectivity index (χ0n) is 13.2. The highest BCUT2D eigenvalue weighted by Crippen LogP contribution is 2.34. The summed E-state index contributed by atoms with van der Waals surface area (Å²) in [6.07, 6.45) is 3.65. The van der Waals surface area contributed by atoms with Crippen molar-refractivity contribution in [3.63, 3.8) is 0 Å². The number of nitrogens with zero attached hydrogens (tertiary/aromatic N) is 1. The average molecular weight is 419 g/mol. The molecule has 0 aromatic heterocycles. The van der Waals surface area contributed by atoms with Gasteiger partial charge in [-0.3, -0.25) is 14.5 Å². The van der Waals surface area contributed by atoms with Crippen LogP contribution in [0.5, 0.6) is 5.75 Å². The fourth-order valence-corrected chi connectivity index (χ4v) is 3.37. The molecular weight excluding hydrogens is 398 g/mol. The Morgan fingerprint density at radius 3 is 2.75 bits per heavy atom. The maximum atomic E-state index is 12.3. The molecule has 2 amide bonds. The second kappa shape index (κ2) is 8.18. The van der Waals surface area contributed by atoms with E-state index in [1.807, 2.05) is 6.07 Å². The molecule has 0 bridgehead atoms. The molecule has 1 saturated carbocycles. The van der Waals surface area contributed by atoms with E-state index in [-0.39, 0.29) is 49.5 Å². The first-order valence-corrected chi connectivity index (χ1v) is 8.60. The van der Waals surface area contributed by atoms with Gasteiger partial charge in [-0.1, -0.05) is 15.9 Å². The van der Waals surface area contributed by atoms with Gasteiger partial charge in [0.2, 0.25) is 5.91 Å². The van der Waals surface area contributed by atoms with E-state index in [1.54, 1.807) is 12.1 Å². The number of rotatable bonds is 3. The SMILES string of the molecule is Cl.NC1CCC(NC(=O)CN2C(=O)COc3cc(Br)ccc32)CC1. The number of fused-ring (bicyclic) bond motifs is 1. The molecule has 0 unspecified atom stereocenters. The molecule has 1 heterocycles. The van der Waals surface area contributed by atoms with Crippen molar-refractivity contribution < 1.29 is 14.3 Å². The van der Waals surface area contributed by atoms with Crippen molar-refractivity contribution in [1.82, 2.24) is 5.32 Å². The molecule has 1 fully saturated rings. The molecule has 3 N–H and O–H groups in total. The third-order valence-corrected chi connectivity index (χ3v) is 4.80. The van der Waals surface area contributed by atoms with E-state index >= 15 is 0 Å². The molecule has 1 aliphatic carbocycles. The number of carbonyl (C=O) groups excluding carboxylic acids is 2.